The maximum atomic E-state index is 13.8. The highest BCUT2D eigenvalue weighted by Gasteiger charge is 2.21. The van der Waals surface area contributed by atoms with Gasteiger partial charge in [-0.25, -0.2) is 14.4 Å². The second-order valence-corrected chi connectivity index (χ2v) is 4.90. The van der Waals surface area contributed by atoms with E-state index in [1.807, 2.05) is 21.0 Å². The van der Waals surface area contributed by atoms with Crippen LogP contribution in [-0.2, 0) is 6.42 Å². The molecule has 0 amide bonds. The summed E-state index contributed by atoms with van der Waals surface area (Å²) in [6, 6.07) is 0. The molecule has 0 bridgehead atoms. The Labute approximate surface area is 102 Å². The summed E-state index contributed by atoms with van der Waals surface area (Å²) < 4.78 is 13.8. The molecule has 0 spiro atoms. The minimum atomic E-state index is -0.343. The zero-order valence-corrected chi connectivity index (χ0v) is 11.2. The van der Waals surface area contributed by atoms with Gasteiger partial charge in [0, 0.05) is 12.1 Å². The quantitative estimate of drug-likeness (QED) is 0.854. The normalized spacial score (nSPS) is 11.9. The molecule has 0 saturated carbocycles. The zero-order valence-electron chi connectivity index (χ0n) is 11.2. The van der Waals surface area contributed by atoms with Gasteiger partial charge < -0.3 is 10.2 Å². The molecule has 0 aliphatic heterocycles. The van der Waals surface area contributed by atoms with E-state index in [4.69, 9.17) is 0 Å². The molecule has 4 nitrogen and oxygen atoms in total. The summed E-state index contributed by atoms with van der Waals surface area (Å²) in [4.78, 5) is 9.92. The number of nitrogens with zero attached hydrogens (tertiary/aromatic N) is 3. The van der Waals surface area contributed by atoms with Gasteiger partial charge in [-0.3, -0.25) is 0 Å². The van der Waals surface area contributed by atoms with Crippen LogP contribution in [0.4, 0.5) is 10.2 Å². The minimum absolute atomic E-state index is 0.0657. The van der Waals surface area contributed by atoms with E-state index >= 15 is 0 Å². The first kappa shape index (κ1) is 13.8. The van der Waals surface area contributed by atoms with Crippen molar-refractivity contribution in [1.82, 2.24) is 14.9 Å². The third-order valence-electron chi connectivity index (χ3n) is 3.10. The van der Waals surface area contributed by atoms with Gasteiger partial charge in [-0.2, -0.15) is 0 Å². The van der Waals surface area contributed by atoms with Crippen LogP contribution < -0.4 is 5.32 Å². The Morgan fingerprint density at radius 1 is 1.35 bits per heavy atom. The van der Waals surface area contributed by atoms with E-state index in [1.165, 1.54) is 6.33 Å². The molecule has 1 N–H and O–H groups in total. The second-order valence-electron chi connectivity index (χ2n) is 4.90. The number of aromatic nitrogens is 2. The van der Waals surface area contributed by atoms with Crippen LogP contribution in [-0.4, -0.2) is 41.0 Å². The summed E-state index contributed by atoms with van der Waals surface area (Å²) in [5.74, 6) is -0.0590. The van der Waals surface area contributed by atoms with Crippen molar-refractivity contribution in [3.05, 3.63) is 17.8 Å². The summed E-state index contributed by atoms with van der Waals surface area (Å²) >= 11 is 0. The topological polar surface area (TPSA) is 41.1 Å². The Bertz CT molecular complexity index is 377. The van der Waals surface area contributed by atoms with Gasteiger partial charge in [-0.05, 0) is 34.4 Å². The number of anilines is 1. The first-order valence-electron chi connectivity index (χ1n) is 5.79. The van der Waals surface area contributed by atoms with Crippen molar-refractivity contribution in [1.29, 1.82) is 0 Å². The number of rotatable bonds is 5. The van der Waals surface area contributed by atoms with Crippen LogP contribution >= 0.6 is 0 Å². The van der Waals surface area contributed by atoms with Crippen LogP contribution in [0.2, 0.25) is 0 Å². The maximum Gasteiger partial charge on any atom is 0.186 e. The molecule has 1 rings (SSSR count). The smallest absolute Gasteiger partial charge is 0.186 e. The van der Waals surface area contributed by atoms with E-state index < -0.39 is 0 Å². The molecule has 17 heavy (non-hydrogen) atoms. The van der Waals surface area contributed by atoms with E-state index in [1.54, 1.807) is 0 Å². The number of hydrogen-bond acceptors (Lipinski definition) is 4. The number of nitrogens with one attached hydrogen (secondary N) is 1. The van der Waals surface area contributed by atoms with Gasteiger partial charge in [0.15, 0.2) is 11.6 Å². The van der Waals surface area contributed by atoms with Gasteiger partial charge in [-0.15, -0.1) is 0 Å². The molecule has 0 atom stereocenters. The Kier molecular flexibility index (Phi) is 4.40. The lowest BCUT2D eigenvalue weighted by atomic mass is 10.0. The maximum absolute atomic E-state index is 13.8. The predicted octanol–water partition coefficient (Wildman–Crippen LogP) is 1.93. The number of aryl methyl sites for hydroxylation is 1. The lowest BCUT2D eigenvalue weighted by Gasteiger charge is -2.32. The first-order valence-corrected chi connectivity index (χ1v) is 5.79. The number of likely N-dealkylation sites (N-methyl/N-ethyl adjacent to an activating group) is 1. The van der Waals surface area contributed by atoms with Gasteiger partial charge in [0.1, 0.15) is 6.33 Å². The molecule has 0 aromatic carbocycles. The molecule has 0 radical (unpaired) electrons. The SMILES string of the molecule is CCc1ncnc(NCC(C)(C)N(C)C)c1F. The fourth-order valence-corrected chi connectivity index (χ4v) is 1.23. The average Bonchev–Trinajstić information content (AvgIpc) is 2.27. The first-order chi connectivity index (χ1) is 7.88. The lowest BCUT2D eigenvalue weighted by Crippen LogP contribution is -2.44. The average molecular weight is 240 g/mol. The van der Waals surface area contributed by atoms with Crippen molar-refractivity contribution in [3.63, 3.8) is 0 Å². The van der Waals surface area contributed by atoms with Crippen molar-refractivity contribution < 1.29 is 4.39 Å². The van der Waals surface area contributed by atoms with E-state index in [-0.39, 0.29) is 17.2 Å². The van der Waals surface area contributed by atoms with Gasteiger partial charge in [-0.1, -0.05) is 6.92 Å². The number of hydrogen-bond donors (Lipinski definition) is 1. The molecule has 0 saturated heterocycles. The molecule has 1 heterocycles. The van der Waals surface area contributed by atoms with Crippen LogP contribution in [0.15, 0.2) is 6.33 Å². The third kappa shape index (κ3) is 3.36. The van der Waals surface area contributed by atoms with Crippen LogP contribution in [0, 0.1) is 5.82 Å². The highest BCUT2D eigenvalue weighted by molar-refractivity contribution is 5.37. The molecule has 1 aromatic heterocycles. The standard InChI is InChI=1S/C12H21FN4/c1-6-9-10(13)11(16-8-15-9)14-7-12(2,3)17(4)5/h8H,6-7H2,1-5H3,(H,14,15,16). The molecule has 5 heteroatoms. The van der Waals surface area contributed by atoms with Crippen LogP contribution in [0.25, 0.3) is 0 Å². The highest BCUT2D eigenvalue weighted by atomic mass is 19.1. The van der Waals surface area contributed by atoms with Gasteiger partial charge in [0.2, 0.25) is 0 Å². The van der Waals surface area contributed by atoms with E-state index in [9.17, 15) is 4.39 Å². The van der Waals surface area contributed by atoms with Crippen molar-refractivity contribution >= 4 is 5.82 Å². The summed E-state index contributed by atoms with van der Waals surface area (Å²) in [6.07, 6.45) is 1.97. The summed E-state index contributed by atoms with van der Waals surface area (Å²) in [6.45, 7) is 6.66. The van der Waals surface area contributed by atoms with Crippen molar-refractivity contribution in [2.75, 3.05) is 26.0 Å². The molecule has 0 fully saturated rings. The van der Waals surface area contributed by atoms with Gasteiger partial charge in [0.05, 0.1) is 5.69 Å². The Morgan fingerprint density at radius 2 is 2.00 bits per heavy atom. The van der Waals surface area contributed by atoms with E-state index in [2.05, 4.69) is 34.0 Å². The molecule has 1 aromatic rings. The molecular formula is C12H21FN4. The van der Waals surface area contributed by atoms with Gasteiger partial charge >= 0.3 is 0 Å². The molecular weight excluding hydrogens is 219 g/mol. The predicted molar refractivity (Wildman–Crippen MR) is 67.6 cm³/mol. The summed E-state index contributed by atoms with van der Waals surface area (Å²) in [5, 5.41) is 3.04. The Balaban J connectivity index is 2.76. The molecule has 0 unspecified atom stereocenters. The zero-order chi connectivity index (χ0) is 13.1. The fourth-order valence-electron chi connectivity index (χ4n) is 1.23. The summed E-state index contributed by atoms with van der Waals surface area (Å²) in [5.41, 5.74) is 0.384. The second kappa shape index (κ2) is 5.40. The highest BCUT2D eigenvalue weighted by Crippen LogP contribution is 2.16. The lowest BCUT2D eigenvalue weighted by molar-refractivity contribution is 0.209. The largest absolute Gasteiger partial charge is 0.366 e. The van der Waals surface area contributed by atoms with Gasteiger partial charge in [0.25, 0.3) is 0 Å². The van der Waals surface area contributed by atoms with E-state index in [0.29, 0.717) is 18.7 Å². The monoisotopic (exact) mass is 240 g/mol. The van der Waals surface area contributed by atoms with Crippen LogP contribution in [0.3, 0.4) is 0 Å². The minimum Gasteiger partial charge on any atom is -0.366 e. The Morgan fingerprint density at radius 3 is 2.53 bits per heavy atom. The number of halogens is 1. The fraction of sp³-hybridized carbons (Fsp3) is 0.667. The summed E-state index contributed by atoms with van der Waals surface area (Å²) in [7, 11) is 3.99. The Hall–Kier alpha value is -1.23. The van der Waals surface area contributed by atoms with Crippen molar-refractivity contribution in [2.45, 2.75) is 32.7 Å². The molecule has 96 valence electrons. The van der Waals surface area contributed by atoms with Crippen LogP contribution in [0.5, 0.6) is 0 Å². The molecule has 0 aliphatic carbocycles. The van der Waals surface area contributed by atoms with Crippen molar-refractivity contribution in [2.24, 2.45) is 0 Å². The van der Waals surface area contributed by atoms with Crippen molar-refractivity contribution in [3.8, 4) is 0 Å². The molecule has 0 aliphatic rings. The van der Waals surface area contributed by atoms with E-state index in [0.717, 1.165) is 0 Å². The third-order valence-corrected chi connectivity index (χ3v) is 3.10. The van der Waals surface area contributed by atoms with Crippen LogP contribution in [0.1, 0.15) is 26.5 Å².